The van der Waals surface area contributed by atoms with Crippen molar-refractivity contribution in [3.8, 4) is 0 Å². The van der Waals surface area contributed by atoms with Crippen LogP contribution in [-0.2, 0) is 7.05 Å². The van der Waals surface area contributed by atoms with Gasteiger partial charge in [-0.3, -0.25) is 0 Å². The standard InChI is InChI=1S/C23H27N4O2S2/c1-26-18-8-6-16(24-10-12-28)14-20(18)30-22(26)4-3-5-23-27(2)19-9-7-17(25-11-13-29)15-21(19)31-23/h3-9,14-15,24-25,28-29H,10-13H2,1-2H3/q+1. The van der Waals surface area contributed by atoms with E-state index in [1.54, 1.807) is 23.1 Å². The number of allylic oxidation sites excluding steroid dienone is 2. The number of benzene rings is 2. The van der Waals surface area contributed by atoms with Crippen molar-refractivity contribution in [1.82, 2.24) is 0 Å². The van der Waals surface area contributed by atoms with Crippen LogP contribution < -0.4 is 20.1 Å². The summed E-state index contributed by atoms with van der Waals surface area (Å²) >= 11 is 3.49. The van der Waals surface area contributed by atoms with E-state index in [2.05, 4.69) is 76.7 Å². The van der Waals surface area contributed by atoms with Gasteiger partial charge in [0.25, 0.3) is 5.01 Å². The third-order valence-corrected chi connectivity index (χ3v) is 7.42. The lowest BCUT2D eigenvalue weighted by Gasteiger charge is -2.13. The summed E-state index contributed by atoms with van der Waals surface area (Å²) in [6, 6.07) is 12.6. The largest absolute Gasteiger partial charge is 0.395 e. The van der Waals surface area contributed by atoms with Crippen LogP contribution in [0.5, 0.6) is 0 Å². The van der Waals surface area contributed by atoms with Gasteiger partial charge in [-0.05, 0) is 36.4 Å². The van der Waals surface area contributed by atoms with Gasteiger partial charge < -0.3 is 25.7 Å². The maximum Gasteiger partial charge on any atom is 0.262 e. The van der Waals surface area contributed by atoms with E-state index in [4.69, 9.17) is 10.2 Å². The molecule has 162 valence electrons. The monoisotopic (exact) mass is 455 g/mol. The molecule has 3 aromatic rings. The van der Waals surface area contributed by atoms with Crippen molar-refractivity contribution >= 4 is 56.5 Å². The van der Waals surface area contributed by atoms with Gasteiger partial charge in [-0.15, -0.1) is 0 Å². The molecule has 8 heteroatoms. The van der Waals surface area contributed by atoms with E-state index in [1.807, 2.05) is 12.1 Å². The molecular formula is C23H27N4O2S2+. The molecule has 0 bridgehead atoms. The Labute approximate surface area is 190 Å². The van der Waals surface area contributed by atoms with Gasteiger partial charge in [0.2, 0.25) is 5.52 Å². The molecule has 1 aliphatic rings. The fourth-order valence-electron chi connectivity index (χ4n) is 3.47. The Balaban J connectivity index is 1.50. The van der Waals surface area contributed by atoms with Crippen molar-refractivity contribution in [1.29, 1.82) is 0 Å². The third kappa shape index (κ3) is 4.72. The number of thiazole rings is 1. The van der Waals surface area contributed by atoms with Crippen molar-refractivity contribution in [2.24, 2.45) is 7.05 Å². The number of hydrogen-bond acceptors (Lipinski definition) is 7. The van der Waals surface area contributed by atoms with E-state index < -0.39 is 0 Å². The average Bonchev–Trinajstić information content (AvgIpc) is 3.26. The average molecular weight is 456 g/mol. The molecule has 4 N–H and O–H groups in total. The summed E-state index contributed by atoms with van der Waals surface area (Å²) in [7, 11) is 4.17. The molecule has 0 amide bonds. The lowest BCUT2D eigenvalue weighted by Crippen LogP contribution is -2.28. The highest BCUT2D eigenvalue weighted by Gasteiger charge is 2.22. The van der Waals surface area contributed by atoms with E-state index in [9.17, 15) is 0 Å². The number of aromatic nitrogens is 1. The SMILES string of the molecule is CN1/C(=C/C=C/c2sc3cc(NCCO)ccc3[n+]2C)Sc2cc(NCCO)ccc21. The molecule has 1 aromatic heterocycles. The molecule has 0 atom stereocenters. The zero-order valence-corrected chi connectivity index (χ0v) is 19.3. The number of aliphatic hydroxyl groups excluding tert-OH is 2. The summed E-state index contributed by atoms with van der Waals surface area (Å²) in [6.45, 7) is 1.34. The third-order valence-electron chi connectivity index (χ3n) is 5.09. The van der Waals surface area contributed by atoms with Crippen molar-refractivity contribution in [3.05, 3.63) is 58.6 Å². The summed E-state index contributed by atoms with van der Waals surface area (Å²) in [4.78, 5) is 3.41. The van der Waals surface area contributed by atoms with Crippen LogP contribution in [0.4, 0.5) is 17.1 Å². The molecule has 0 saturated carbocycles. The molecule has 2 heterocycles. The first-order valence-electron chi connectivity index (χ1n) is 10.2. The Morgan fingerprint density at radius 1 is 1.03 bits per heavy atom. The van der Waals surface area contributed by atoms with Crippen LogP contribution in [0.2, 0.25) is 0 Å². The van der Waals surface area contributed by atoms with Gasteiger partial charge in [0, 0.05) is 48.5 Å². The van der Waals surface area contributed by atoms with Crippen LogP contribution in [0.1, 0.15) is 5.01 Å². The normalized spacial score (nSPS) is 14.7. The summed E-state index contributed by atoms with van der Waals surface area (Å²) in [5.74, 6) is 0. The Hall–Kier alpha value is -2.52. The second-order valence-corrected chi connectivity index (χ2v) is 9.31. The lowest BCUT2D eigenvalue weighted by molar-refractivity contribution is -0.642. The first-order valence-corrected chi connectivity index (χ1v) is 11.8. The molecule has 0 saturated heterocycles. The molecule has 0 unspecified atom stereocenters. The summed E-state index contributed by atoms with van der Waals surface area (Å²) < 4.78 is 3.41. The number of rotatable bonds is 8. The van der Waals surface area contributed by atoms with Gasteiger partial charge in [0.15, 0.2) is 0 Å². The smallest absolute Gasteiger partial charge is 0.262 e. The minimum Gasteiger partial charge on any atom is -0.395 e. The van der Waals surface area contributed by atoms with Crippen LogP contribution in [0.15, 0.2) is 58.5 Å². The first kappa shape index (κ1) is 21.7. The molecule has 0 spiro atoms. The highest BCUT2D eigenvalue weighted by molar-refractivity contribution is 8.03. The van der Waals surface area contributed by atoms with Gasteiger partial charge in [0.05, 0.1) is 23.9 Å². The van der Waals surface area contributed by atoms with Gasteiger partial charge in [-0.1, -0.05) is 29.2 Å². The minimum absolute atomic E-state index is 0.121. The summed E-state index contributed by atoms with van der Waals surface area (Å²) in [5, 5.41) is 26.8. The molecular weight excluding hydrogens is 428 g/mol. The van der Waals surface area contributed by atoms with Crippen LogP contribution >= 0.6 is 23.1 Å². The maximum absolute atomic E-state index is 9.00. The summed E-state index contributed by atoms with van der Waals surface area (Å²) in [5.41, 5.74) is 4.43. The number of aryl methyl sites for hydroxylation is 1. The fourth-order valence-corrected chi connectivity index (χ4v) is 5.68. The van der Waals surface area contributed by atoms with Gasteiger partial charge in [0.1, 0.15) is 11.7 Å². The zero-order valence-electron chi connectivity index (χ0n) is 17.6. The predicted octanol–water partition coefficient (Wildman–Crippen LogP) is 3.63. The van der Waals surface area contributed by atoms with Gasteiger partial charge in [-0.25, -0.2) is 0 Å². The molecule has 0 aliphatic carbocycles. The van der Waals surface area contributed by atoms with E-state index in [0.717, 1.165) is 11.4 Å². The fraction of sp³-hybridized carbons (Fsp3) is 0.261. The first-order chi connectivity index (χ1) is 15.1. The highest BCUT2D eigenvalue weighted by atomic mass is 32.2. The number of nitrogens with zero attached hydrogens (tertiary/aromatic N) is 2. The van der Waals surface area contributed by atoms with E-state index in [0.29, 0.717) is 13.1 Å². The number of fused-ring (bicyclic) bond motifs is 2. The maximum atomic E-state index is 9.00. The highest BCUT2D eigenvalue weighted by Crippen LogP contribution is 2.46. The Bertz CT molecular complexity index is 1140. The van der Waals surface area contributed by atoms with Crippen LogP contribution in [-0.4, -0.2) is 43.6 Å². The zero-order chi connectivity index (χ0) is 21.8. The topological polar surface area (TPSA) is 71.6 Å². The second kappa shape index (κ2) is 9.74. The number of anilines is 3. The lowest BCUT2D eigenvalue weighted by atomic mass is 10.2. The quantitative estimate of drug-likeness (QED) is 0.389. The van der Waals surface area contributed by atoms with Gasteiger partial charge >= 0.3 is 0 Å². The molecule has 2 aromatic carbocycles. The van der Waals surface area contributed by atoms with Crippen molar-refractivity contribution in [3.63, 3.8) is 0 Å². The number of aliphatic hydroxyl groups is 2. The Morgan fingerprint density at radius 3 is 2.48 bits per heavy atom. The van der Waals surface area contributed by atoms with Crippen molar-refractivity contribution < 1.29 is 14.8 Å². The van der Waals surface area contributed by atoms with E-state index >= 15 is 0 Å². The minimum atomic E-state index is 0.121. The van der Waals surface area contributed by atoms with Gasteiger partial charge in [-0.2, -0.15) is 4.57 Å². The molecule has 1 aliphatic heterocycles. The van der Waals surface area contributed by atoms with Crippen LogP contribution in [0, 0.1) is 0 Å². The number of thioether (sulfide) groups is 1. The second-order valence-electron chi connectivity index (χ2n) is 7.19. The predicted molar refractivity (Wildman–Crippen MR) is 132 cm³/mol. The molecule has 6 nitrogen and oxygen atoms in total. The van der Waals surface area contributed by atoms with Crippen molar-refractivity contribution in [2.75, 3.05) is 48.9 Å². The molecule has 4 rings (SSSR count). The molecule has 31 heavy (non-hydrogen) atoms. The molecule has 0 fully saturated rings. The molecule has 0 radical (unpaired) electrons. The van der Waals surface area contributed by atoms with Crippen molar-refractivity contribution in [2.45, 2.75) is 4.90 Å². The Kier molecular flexibility index (Phi) is 6.82. The Morgan fingerprint density at radius 2 is 1.74 bits per heavy atom. The van der Waals surface area contributed by atoms with E-state index in [-0.39, 0.29) is 13.2 Å². The van der Waals surface area contributed by atoms with Crippen LogP contribution in [0.25, 0.3) is 16.3 Å². The van der Waals surface area contributed by atoms with E-state index in [1.165, 1.54) is 30.8 Å². The summed E-state index contributed by atoms with van der Waals surface area (Å²) in [6.07, 6.45) is 6.39. The number of nitrogens with one attached hydrogen (secondary N) is 2. The number of hydrogen-bond donors (Lipinski definition) is 4. The van der Waals surface area contributed by atoms with Crippen LogP contribution in [0.3, 0.4) is 0 Å².